The second-order valence-corrected chi connectivity index (χ2v) is 7.14. The molecule has 11 heteroatoms. The van der Waals surface area contributed by atoms with E-state index in [4.69, 9.17) is 8.83 Å². The molecule has 4 rings (SSSR count). The fourth-order valence-corrected chi connectivity index (χ4v) is 3.42. The monoisotopic (exact) mass is 435 g/mol. The molecule has 164 valence electrons. The fourth-order valence-electron chi connectivity index (χ4n) is 3.42. The molecule has 8 nitrogen and oxygen atoms in total. The van der Waals surface area contributed by atoms with Gasteiger partial charge in [-0.05, 0) is 30.3 Å². The molecule has 0 bridgehead atoms. The van der Waals surface area contributed by atoms with Crippen molar-refractivity contribution < 1.29 is 26.8 Å². The van der Waals surface area contributed by atoms with Crippen molar-refractivity contribution in [2.75, 3.05) is 36.4 Å². The summed E-state index contributed by atoms with van der Waals surface area (Å²) < 4.78 is 50.2. The van der Waals surface area contributed by atoms with E-state index >= 15 is 0 Å². The molecule has 1 aliphatic heterocycles. The van der Waals surface area contributed by atoms with Crippen LogP contribution in [0.3, 0.4) is 0 Å². The number of nitrogens with one attached hydrogen (secondary N) is 1. The third-order valence-corrected chi connectivity index (χ3v) is 4.96. The normalized spacial score (nSPS) is 15.3. The molecule has 0 spiro atoms. The lowest BCUT2D eigenvalue weighted by molar-refractivity contribution is -0.137. The van der Waals surface area contributed by atoms with Gasteiger partial charge in [0, 0.05) is 33.1 Å². The Bertz CT molecular complexity index is 1040. The molecule has 1 amide bonds. The van der Waals surface area contributed by atoms with Crippen LogP contribution in [0.4, 0.5) is 24.5 Å². The number of benzene rings is 1. The van der Waals surface area contributed by atoms with E-state index in [2.05, 4.69) is 20.4 Å². The van der Waals surface area contributed by atoms with Crippen molar-refractivity contribution >= 4 is 17.3 Å². The van der Waals surface area contributed by atoms with E-state index in [-0.39, 0.29) is 11.4 Å². The zero-order valence-corrected chi connectivity index (χ0v) is 16.6. The molecule has 0 atom stereocenters. The molecule has 3 aromatic rings. The van der Waals surface area contributed by atoms with E-state index in [9.17, 15) is 18.0 Å². The molecule has 1 fully saturated rings. The largest absolute Gasteiger partial charge is 0.459 e. The minimum Gasteiger partial charge on any atom is -0.459 e. The summed E-state index contributed by atoms with van der Waals surface area (Å²) in [6, 6.07) is 6.33. The average molecular weight is 435 g/mol. The number of alkyl halides is 3. The summed E-state index contributed by atoms with van der Waals surface area (Å²) in [5, 5.41) is 10.4. The maximum atomic E-state index is 13.2. The summed E-state index contributed by atoms with van der Waals surface area (Å²) in [5.41, 5.74) is -0.241. The Morgan fingerprint density at radius 2 is 1.94 bits per heavy atom. The van der Waals surface area contributed by atoms with Crippen LogP contribution in [0.15, 0.2) is 45.4 Å². The predicted molar refractivity (Wildman–Crippen MR) is 105 cm³/mol. The number of furan rings is 1. The maximum absolute atomic E-state index is 13.2. The lowest BCUT2D eigenvalue weighted by atomic mass is 10.1. The minimum absolute atomic E-state index is 0.0167. The Balaban J connectivity index is 1.51. The van der Waals surface area contributed by atoms with E-state index < -0.39 is 17.6 Å². The zero-order valence-electron chi connectivity index (χ0n) is 16.6. The van der Waals surface area contributed by atoms with Crippen LogP contribution in [0.1, 0.15) is 27.9 Å². The van der Waals surface area contributed by atoms with Crippen LogP contribution in [-0.4, -0.2) is 47.2 Å². The smallest absolute Gasteiger partial charge is 0.416 e. The number of hydrogen-bond acceptors (Lipinski definition) is 7. The van der Waals surface area contributed by atoms with Crippen LogP contribution in [0.5, 0.6) is 0 Å². The summed E-state index contributed by atoms with van der Waals surface area (Å²) >= 11 is 0. The van der Waals surface area contributed by atoms with E-state index in [1.165, 1.54) is 24.5 Å². The van der Waals surface area contributed by atoms with E-state index in [1.54, 1.807) is 6.92 Å². The third-order valence-electron chi connectivity index (χ3n) is 4.96. The molecule has 1 saturated heterocycles. The van der Waals surface area contributed by atoms with Crippen molar-refractivity contribution in [3.05, 3.63) is 59.7 Å². The first-order valence-electron chi connectivity index (χ1n) is 9.62. The van der Waals surface area contributed by atoms with Gasteiger partial charge in [-0.25, -0.2) is 0 Å². The quantitative estimate of drug-likeness (QED) is 0.656. The number of amides is 1. The highest BCUT2D eigenvalue weighted by Crippen LogP contribution is 2.36. The minimum atomic E-state index is -4.52. The standard InChI is InChI=1S/C20H20F3N5O3/c1-13-25-26-18(31-13)12-27-6-8-28(9-7-27)16-5-4-14(20(21,22)23)11-15(16)24-19(29)17-3-2-10-30-17/h2-5,10-11H,6-9,12H2,1H3,(H,24,29). The number of aromatic nitrogens is 2. The van der Waals surface area contributed by atoms with Crippen molar-refractivity contribution in [2.24, 2.45) is 0 Å². The number of rotatable bonds is 5. The van der Waals surface area contributed by atoms with Gasteiger partial charge >= 0.3 is 6.18 Å². The Morgan fingerprint density at radius 3 is 2.55 bits per heavy atom. The van der Waals surface area contributed by atoms with Crippen LogP contribution < -0.4 is 10.2 Å². The van der Waals surface area contributed by atoms with Gasteiger partial charge in [-0.1, -0.05) is 0 Å². The molecule has 2 aromatic heterocycles. The highest BCUT2D eigenvalue weighted by molar-refractivity contribution is 6.04. The second kappa shape index (κ2) is 8.42. The molecular weight excluding hydrogens is 415 g/mol. The Labute approximate surface area is 175 Å². The lowest BCUT2D eigenvalue weighted by Gasteiger charge is -2.36. The second-order valence-electron chi connectivity index (χ2n) is 7.14. The Morgan fingerprint density at radius 1 is 1.16 bits per heavy atom. The van der Waals surface area contributed by atoms with E-state index in [0.29, 0.717) is 50.2 Å². The highest BCUT2D eigenvalue weighted by Gasteiger charge is 2.32. The van der Waals surface area contributed by atoms with Crippen molar-refractivity contribution in [3.8, 4) is 0 Å². The molecule has 0 aliphatic carbocycles. The Hall–Kier alpha value is -3.34. The van der Waals surface area contributed by atoms with Gasteiger partial charge < -0.3 is 19.1 Å². The molecule has 31 heavy (non-hydrogen) atoms. The zero-order chi connectivity index (χ0) is 22.0. The van der Waals surface area contributed by atoms with Gasteiger partial charge in [-0.15, -0.1) is 10.2 Å². The molecule has 3 heterocycles. The summed E-state index contributed by atoms with van der Waals surface area (Å²) in [6.45, 7) is 4.63. The van der Waals surface area contributed by atoms with Gasteiger partial charge in [-0.2, -0.15) is 13.2 Å². The van der Waals surface area contributed by atoms with Gasteiger partial charge in [0.25, 0.3) is 5.91 Å². The first kappa shape index (κ1) is 20.9. The van der Waals surface area contributed by atoms with Crippen LogP contribution in [0.25, 0.3) is 0 Å². The number of hydrogen-bond donors (Lipinski definition) is 1. The van der Waals surface area contributed by atoms with Crippen LogP contribution in [0.2, 0.25) is 0 Å². The molecule has 1 aromatic carbocycles. The molecular formula is C20H20F3N5O3. The van der Waals surface area contributed by atoms with Crippen LogP contribution in [0, 0.1) is 6.92 Å². The van der Waals surface area contributed by atoms with Crippen molar-refractivity contribution in [1.82, 2.24) is 15.1 Å². The van der Waals surface area contributed by atoms with Crippen LogP contribution >= 0.6 is 0 Å². The van der Waals surface area contributed by atoms with Crippen molar-refractivity contribution in [3.63, 3.8) is 0 Å². The van der Waals surface area contributed by atoms with Crippen LogP contribution in [-0.2, 0) is 12.7 Å². The SMILES string of the molecule is Cc1nnc(CN2CCN(c3ccc(C(F)(F)F)cc3NC(=O)c3ccco3)CC2)o1. The van der Waals surface area contributed by atoms with Gasteiger partial charge in [-0.3, -0.25) is 9.69 Å². The number of aryl methyl sites for hydroxylation is 1. The van der Waals surface area contributed by atoms with Gasteiger partial charge in [0.1, 0.15) is 0 Å². The summed E-state index contributed by atoms with van der Waals surface area (Å²) in [6.07, 6.45) is -3.20. The topological polar surface area (TPSA) is 87.6 Å². The molecule has 1 aliphatic rings. The average Bonchev–Trinajstić information content (AvgIpc) is 3.40. The van der Waals surface area contributed by atoms with Crippen molar-refractivity contribution in [1.29, 1.82) is 0 Å². The van der Waals surface area contributed by atoms with E-state index in [1.807, 2.05) is 4.90 Å². The number of carbonyl (C=O) groups is 1. The summed E-state index contributed by atoms with van der Waals surface area (Å²) in [5.74, 6) is 0.418. The molecule has 1 N–H and O–H groups in total. The number of nitrogens with zero attached hydrogens (tertiary/aromatic N) is 4. The van der Waals surface area contributed by atoms with Gasteiger partial charge in [0.15, 0.2) is 5.76 Å². The number of piperazine rings is 1. The lowest BCUT2D eigenvalue weighted by Crippen LogP contribution is -2.46. The summed E-state index contributed by atoms with van der Waals surface area (Å²) in [7, 11) is 0. The highest BCUT2D eigenvalue weighted by atomic mass is 19.4. The first-order valence-corrected chi connectivity index (χ1v) is 9.62. The van der Waals surface area contributed by atoms with E-state index in [0.717, 1.165) is 12.1 Å². The third kappa shape index (κ3) is 4.88. The summed E-state index contributed by atoms with van der Waals surface area (Å²) in [4.78, 5) is 16.4. The first-order chi connectivity index (χ1) is 14.8. The number of halogens is 3. The van der Waals surface area contributed by atoms with Gasteiger partial charge in [0.2, 0.25) is 11.8 Å². The Kier molecular flexibility index (Phi) is 5.68. The molecule has 0 unspecified atom stereocenters. The predicted octanol–water partition coefficient (Wildman–Crippen LogP) is 3.56. The van der Waals surface area contributed by atoms with Crippen molar-refractivity contribution in [2.45, 2.75) is 19.6 Å². The van der Waals surface area contributed by atoms with Gasteiger partial charge in [0.05, 0.1) is 29.7 Å². The fraction of sp³-hybridized carbons (Fsp3) is 0.350. The maximum Gasteiger partial charge on any atom is 0.416 e. The molecule has 0 saturated carbocycles. The molecule has 0 radical (unpaired) electrons. The number of carbonyl (C=O) groups excluding carboxylic acids is 1. The number of anilines is 2.